The number of hydrogen-bond acceptors (Lipinski definition) is 3. The topological polar surface area (TPSA) is 41.5 Å². The summed E-state index contributed by atoms with van der Waals surface area (Å²) in [5.41, 5.74) is 0.313. The van der Waals surface area contributed by atoms with Crippen LogP contribution >= 0.6 is 0 Å². The van der Waals surface area contributed by atoms with Gasteiger partial charge in [0.1, 0.15) is 5.82 Å². The van der Waals surface area contributed by atoms with Crippen LogP contribution in [-0.4, -0.2) is 30.0 Å². The molecule has 3 nitrogen and oxygen atoms in total. The van der Waals surface area contributed by atoms with Crippen LogP contribution in [0.3, 0.4) is 0 Å². The number of aliphatic hydroxyl groups is 1. The number of anilines is 1. The van der Waals surface area contributed by atoms with Gasteiger partial charge in [-0.2, -0.15) is 0 Å². The van der Waals surface area contributed by atoms with Gasteiger partial charge in [0.05, 0.1) is 18.2 Å². The number of aliphatic hydroxyl groups excluding tert-OH is 1. The molecule has 0 saturated carbocycles. The van der Waals surface area contributed by atoms with E-state index in [-0.39, 0.29) is 18.5 Å². The maximum atomic E-state index is 13.2. The third-order valence-electron chi connectivity index (χ3n) is 3.54. The van der Waals surface area contributed by atoms with Crippen LogP contribution in [0.4, 0.5) is 10.1 Å². The van der Waals surface area contributed by atoms with Gasteiger partial charge < -0.3 is 15.2 Å². The molecule has 0 spiro atoms. The molecule has 100 valence electrons. The first-order valence-corrected chi connectivity index (χ1v) is 6.44. The molecule has 18 heavy (non-hydrogen) atoms. The van der Waals surface area contributed by atoms with E-state index in [9.17, 15) is 9.50 Å². The zero-order valence-electron chi connectivity index (χ0n) is 10.7. The van der Waals surface area contributed by atoms with Crippen LogP contribution in [-0.2, 0) is 4.74 Å². The zero-order valence-corrected chi connectivity index (χ0v) is 10.7. The highest BCUT2D eigenvalue weighted by molar-refractivity contribution is 5.46. The minimum absolute atomic E-state index is 0.0311. The second-order valence-corrected chi connectivity index (χ2v) is 4.93. The van der Waals surface area contributed by atoms with E-state index in [0.29, 0.717) is 12.3 Å². The maximum Gasteiger partial charge on any atom is 0.125 e. The van der Waals surface area contributed by atoms with Crippen molar-refractivity contribution in [2.75, 3.05) is 18.5 Å². The first-order chi connectivity index (χ1) is 8.67. The van der Waals surface area contributed by atoms with E-state index < -0.39 is 5.54 Å². The van der Waals surface area contributed by atoms with Crippen molar-refractivity contribution >= 4 is 5.69 Å². The molecule has 1 fully saturated rings. The average molecular weight is 253 g/mol. The minimum atomic E-state index is -0.396. The Bertz CT molecular complexity index is 399. The van der Waals surface area contributed by atoms with Crippen LogP contribution in [0.15, 0.2) is 24.3 Å². The number of nitrogens with one attached hydrogen (secondary N) is 1. The largest absolute Gasteiger partial charge is 0.394 e. The van der Waals surface area contributed by atoms with Crippen molar-refractivity contribution in [3.8, 4) is 0 Å². The minimum Gasteiger partial charge on any atom is -0.394 e. The third-order valence-corrected chi connectivity index (χ3v) is 3.54. The smallest absolute Gasteiger partial charge is 0.125 e. The van der Waals surface area contributed by atoms with E-state index in [4.69, 9.17) is 4.74 Å². The second-order valence-electron chi connectivity index (χ2n) is 4.93. The van der Waals surface area contributed by atoms with Crippen molar-refractivity contribution in [3.05, 3.63) is 30.1 Å². The molecule has 0 aliphatic carbocycles. The van der Waals surface area contributed by atoms with Gasteiger partial charge in [0.15, 0.2) is 0 Å². The summed E-state index contributed by atoms with van der Waals surface area (Å²) in [6.07, 6.45) is 2.56. The number of rotatable bonds is 4. The van der Waals surface area contributed by atoms with E-state index >= 15 is 0 Å². The Labute approximate surface area is 107 Å². The second kappa shape index (κ2) is 5.67. The van der Waals surface area contributed by atoms with E-state index in [1.54, 1.807) is 6.07 Å². The molecule has 4 heteroatoms. The molecule has 2 unspecified atom stereocenters. The fourth-order valence-electron chi connectivity index (χ4n) is 2.45. The summed E-state index contributed by atoms with van der Waals surface area (Å²) < 4.78 is 18.8. The molecule has 1 aromatic rings. The van der Waals surface area contributed by atoms with Crippen LogP contribution in [0, 0.1) is 5.82 Å². The Hall–Kier alpha value is -1.13. The van der Waals surface area contributed by atoms with Gasteiger partial charge in [-0.3, -0.25) is 0 Å². The summed E-state index contributed by atoms with van der Waals surface area (Å²) in [5, 5.41) is 13.0. The van der Waals surface area contributed by atoms with Crippen molar-refractivity contribution in [2.45, 2.75) is 37.8 Å². The molecule has 1 aliphatic heterocycles. The fourth-order valence-corrected chi connectivity index (χ4v) is 2.45. The molecule has 2 N–H and O–H groups in total. The lowest BCUT2D eigenvalue weighted by Gasteiger charge is -2.41. The lowest BCUT2D eigenvalue weighted by molar-refractivity contribution is -0.0273. The number of hydrogen-bond donors (Lipinski definition) is 2. The molecular weight excluding hydrogens is 233 g/mol. The van der Waals surface area contributed by atoms with E-state index in [0.717, 1.165) is 19.3 Å². The standard InChI is InChI=1S/C14H20FNO2/c1-2-13-9-14(10-17,6-7-18-13)16-12-5-3-4-11(15)8-12/h3-5,8,13,16-17H,2,6-7,9-10H2,1H3. The molecule has 1 heterocycles. The fraction of sp³-hybridized carbons (Fsp3) is 0.571. The lowest BCUT2D eigenvalue weighted by Crippen LogP contribution is -2.49. The van der Waals surface area contributed by atoms with Gasteiger partial charge in [-0.1, -0.05) is 13.0 Å². The Balaban J connectivity index is 2.12. The number of benzene rings is 1. The SMILES string of the molecule is CCC1CC(CO)(Nc2cccc(F)c2)CCO1. The Morgan fingerprint density at radius 2 is 2.39 bits per heavy atom. The van der Waals surface area contributed by atoms with Crippen LogP contribution in [0.5, 0.6) is 0 Å². The van der Waals surface area contributed by atoms with Gasteiger partial charge >= 0.3 is 0 Å². The lowest BCUT2D eigenvalue weighted by atomic mass is 9.86. The van der Waals surface area contributed by atoms with Crippen molar-refractivity contribution in [2.24, 2.45) is 0 Å². The summed E-state index contributed by atoms with van der Waals surface area (Å²) in [5.74, 6) is -0.271. The highest BCUT2D eigenvalue weighted by Crippen LogP contribution is 2.30. The highest BCUT2D eigenvalue weighted by Gasteiger charge is 2.35. The van der Waals surface area contributed by atoms with E-state index in [1.807, 2.05) is 6.07 Å². The Kier molecular flexibility index (Phi) is 4.19. The summed E-state index contributed by atoms with van der Waals surface area (Å²) >= 11 is 0. The van der Waals surface area contributed by atoms with Crippen molar-refractivity contribution in [1.29, 1.82) is 0 Å². The molecule has 2 atom stereocenters. The summed E-state index contributed by atoms with van der Waals surface area (Å²) in [7, 11) is 0. The Morgan fingerprint density at radius 1 is 1.56 bits per heavy atom. The van der Waals surface area contributed by atoms with Gasteiger partial charge in [0, 0.05) is 12.3 Å². The summed E-state index contributed by atoms with van der Waals surface area (Å²) in [6.45, 7) is 2.73. The average Bonchev–Trinajstić information content (AvgIpc) is 2.39. The van der Waals surface area contributed by atoms with Gasteiger partial charge in [-0.25, -0.2) is 4.39 Å². The molecule has 1 aromatic carbocycles. The van der Waals surface area contributed by atoms with E-state index in [1.165, 1.54) is 12.1 Å². The monoisotopic (exact) mass is 253 g/mol. The van der Waals surface area contributed by atoms with Crippen molar-refractivity contribution in [1.82, 2.24) is 0 Å². The van der Waals surface area contributed by atoms with Crippen molar-refractivity contribution in [3.63, 3.8) is 0 Å². The van der Waals surface area contributed by atoms with Gasteiger partial charge in [-0.05, 0) is 37.5 Å². The van der Waals surface area contributed by atoms with Crippen molar-refractivity contribution < 1.29 is 14.2 Å². The molecule has 1 saturated heterocycles. The van der Waals surface area contributed by atoms with Crippen LogP contribution < -0.4 is 5.32 Å². The quantitative estimate of drug-likeness (QED) is 0.866. The summed E-state index contributed by atoms with van der Waals surface area (Å²) in [4.78, 5) is 0. The number of ether oxygens (including phenoxy) is 1. The normalized spacial score (nSPS) is 28.1. The Morgan fingerprint density at radius 3 is 3.06 bits per heavy atom. The predicted molar refractivity (Wildman–Crippen MR) is 69.1 cm³/mol. The number of halogens is 1. The van der Waals surface area contributed by atoms with E-state index in [2.05, 4.69) is 12.2 Å². The van der Waals surface area contributed by atoms with Crippen LogP contribution in [0.2, 0.25) is 0 Å². The molecule has 1 aliphatic rings. The van der Waals surface area contributed by atoms with Crippen LogP contribution in [0.25, 0.3) is 0 Å². The maximum absolute atomic E-state index is 13.2. The third kappa shape index (κ3) is 3.00. The molecular formula is C14H20FNO2. The molecule has 0 amide bonds. The zero-order chi connectivity index (χ0) is 13.0. The molecule has 0 radical (unpaired) electrons. The highest BCUT2D eigenvalue weighted by atomic mass is 19.1. The molecule has 2 rings (SSSR count). The van der Waals surface area contributed by atoms with Gasteiger partial charge in [0.2, 0.25) is 0 Å². The predicted octanol–water partition coefficient (Wildman–Crippen LogP) is 2.56. The molecule has 0 aromatic heterocycles. The first-order valence-electron chi connectivity index (χ1n) is 6.44. The van der Waals surface area contributed by atoms with Gasteiger partial charge in [-0.15, -0.1) is 0 Å². The summed E-state index contributed by atoms with van der Waals surface area (Å²) in [6, 6.07) is 6.35. The first kappa shape index (κ1) is 13.3. The van der Waals surface area contributed by atoms with Crippen LogP contribution in [0.1, 0.15) is 26.2 Å². The molecule has 0 bridgehead atoms. The van der Waals surface area contributed by atoms with Gasteiger partial charge in [0.25, 0.3) is 0 Å².